The predicted octanol–water partition coefficient (Wildman–Crippen LogP) is 1.57. The highest BCUT2D eigenvalue weighted by Crippen LogP contribution is 2.29. The third-order valence-electron chi connectivity index (χ3n) is 2.89. The first-order chi connectivity index (χ1) is 9.22. The predicted molar refractivity (Wildman–Crippen MR) is 67.7 cm³/mol. The average Bonchev–Trinajstić information content (AvgIpc) is 2.69. The van der Waals surface area contributed by atoms with Gasteiger partial charge in [-0.25, -0.2) is 4.79 Å². The van der Waals surface area contributed by atoms with Gasteiger partial charge in [-0.05, 0) is 24.6 Å². The average molecular weight is 262 g/mol. The molecule has 1 amide bonds. The summed E-state index contributed by atoms with van der Waals surface area (Å²) >= 11 is 0. The van der Waals surface area contributed by atoms with Crippen molar-refractivity contribution in [1.29, 1.82) is 0 Å². The van der Waals surface area contributed by atoms with Crippen molar-refractivity contribution in [1.82, 2.24) is 5.01 Å². The largest absolute Gasteiger partial charge is 0.484 e. The zero-order valence-electron chi connectivity index (χ0n) is 10.6. The number of nitrogens with zero attached hydrogens (tertiary/aromatic N) is 2. The van der Waals surface area contributed by atoms with Crippen LogP contribution in [0.2, 0.25) is 0 Å². The minimum atomic E-state index is -0.426. The Bertz CT molecular complexity index is 541. The first-order valence-electron chi connectivity index (χ1n) is 6.09. The molecule has 6 heteroatoms. The Morgan fingerprint density at radius 2 is 1.95 bits per heavy atom. The van der Waals surface area contributed by atoms with E-state index in [1.807, 2.05) is 25.1 Å². The molecule has 1 aromatic carbocycles. The van der Waals surface area contributed by atoms with E-state index in [4.69, 9.17) is 14.2 Å². The van der Waals surface area contributed by atoms with Gasteiger partial charge in [0.05, 0.1) is 6.54 Å². The number of amides is 1. The number of hydrogen-bond acceptors (Lipinski definition) is 5. The van der Waals surface area contributed by atoms with Gasteiger partial charge in [0, 0.05) is 0 Å². The van der Waals surface area contributed by atoms with Crippen LogP contribution in [0, 0.1) is 6.92 Å². The molecule has 0 spiro atoms. The molecule has 0 aromatic heterocycles. The summed E-state index contributed by atoms with van der Waals surface area (Å²) in [6.45, 7) is 3.44. The second kappa shape index (κ2) is 4.79. The highest BCUT2D eigenvalue weighted by atomic mass is 16.6. The number of carbonyl (C=O) groups is 1. The number of fused-ring (bicyclic) bond motifs is 1. The normalized spacial score (nSPS) is 20.4. The van der Waals surface area contributed by atoms with Crippen LogP contribution >= 0.6 is 0 Å². The lowest BCUT2D eigenvalue weighted by atomic mass is 10.2. The summed E-state index contributed by atoms with van der Waals surface area (Å²) in [5.41, 5.74) is 1.76. The number of benzene rings is 1. The molecule has 0 unspecified atom stereocenters. The van der Waals surface area contributed by atoms with Gasteiger partial charge in [0.25, 0.3) is 0 Å². The number of aryl methyl sites for hydroxylation is 1. The molecule has 0 radical (unpaired) electrons. The topological polar surface area (TPSA) is 60.4 Å². The summed E-state index contributed by atoms with van der Waals surface area (Å²) in [6, 6.07) is 5.75. The van der Waals surface area contributed by atoms with Crippen LogP contribution in [0.3, 0.4) is 0 Å². The molecule has 1 aromatic rings. The van der Waals surface area contributed by atoms with E-state index in [0.29, 0.717) is 43.6 Å². The Labute approximate surface area is 110 Å². The maximum Gasteiger partial charge on any atom is 0.430 e. The summed E-state index contributed by atoms with van der Waals surface area (Å²) in [4.78, 5) is 11.3. The van der Waals surface area contributed by atoms with Crippen molar-refractivity contribution in [3.05, 3.63) is 23.8 Å². The number of hydrogen-bond donors (Lipinski definition) is 0. The number of ether oxygens (including phenoxy) is 3. The van der Waals surface area contributed by atoms with E-state index < -0.39 is 6.09 Å². The fourth-order valence-electron chi connectivity index (χ4n) is 1.92. The molecular formula is C13H14N2O4. The van der Waals surface area contributed by atoms with E-state index in [1.165, 1.54) is 5.01 Å². The molecular weight excluding hydrogens is 248 g/mol. The number of carbonyl (C=O) groups excluding carboxylic acids is 1. The van der Waals surface area contributed by atoms with Crippen LogP contribution in [-0.2, 0) is 4.74 Å². The van der Waals surface area contributed by atoms with Gasteiger partial charge < -0.3 is 14.2 Å². The number of rotatable bonds is 1. The molecule has 6 nitrogen and oxygen atoms in total. The van der Waals surface area contributed by atoms with Crippen molar-refractivity contribution < 1.29 is 19.0 Å². The van der Waals surface area contributed by atoms with Crippen LogP contribution in [0.4, 0.5) is 4.79 Å². The molecule has 2 heterocycles. The fraction of sp³-hybridized carbons (Fsp3) is 0.385. The van der Waals surface area contributed by atoms with E-state index in [9.17, 15) is 4.79 Å². The van der Waals surface area contributed by atoms with Crippen LogP contribution in [0.25, 0.3) is 0 Å². The van der Waals surface area contributed by atoms with Crippen molar-refractivity contribution >= 4 is 11.8 Å². The number of hydrazone groups is 1. The van der Waals surface area contributed by atoms with Crippen LogP contribution in [-0.4, -0.2) is 43.2 Å². The Hall–Kier alpha value is -2.24. The molecule has 0 N–H and O–H groups in total. The van der Waals surface area contributed by atoms with Crippen molar-refractivity contribution in [2.45, 2.75) is 6.92 Å². The minimum Gasteiger partial charge on any atom is -0.484 e. The van der Waals surface area contributed by atoms with Gasteiger partial charge in [-0.15, -0.1) is 0 Å². The summed E-state index contributed by atoms with van der Waals surface area (Å²) in [6.07, 6.45) is -0.426. The highest BCUT2D eigenvalue weighted by Gasteiger charge is 2.23. The zero-order valence-corrected chi connectivity index (χ0v) is 10.6. The van der Waals surface area contributed by atoms with Crippen LogP contribution in [0.1, 0.15) is 5.56 Å². The summed E-state index contributed by atoms with van der Waals surface area (Å²) in [7, 11) is 0. The lowest BCUT2D eigenvalue weighted by Crippen LogP contribution is -2.25. The lowest BCUT2D eigenvalue weighted by Gasteiger charge is -2.08. The van der Waals surface area contributed by atoms with Crippen LogP contribution < -0.4 is 9.47 Å². The molecule has 3 rings (SSSR count). The summed E-state index contributed by atoms with van der Waals surface area (Å²) in [5, 5.41) is 5.50. The molecule has 0 saturated carbocycles. The van der Waals surface area contributed by atoms with Gasteiger partial charge in [-0.2, -0.15) is 10.1 Å². The monoisotopic (exact) mass is 262 g/mol. The second-order valence-electron chi connectivity index (χ2n) is 4.43. The Balaban J connectivity index is 1.76. The standard InChI is InChI=1S/C13H14N2O4/c1-9-2-3-11-12(6-9)19-8-10(7-18-11)14-15-4-5-17-13(15)16/h2-3,6H,4-5,7-8H2,1H3. The Kier molecular flexibility index (Phi) is 2.98. The van der Waals surface area contributed by atoms with Gasteiger partial charge in [-0.1, -0.05) is 6.07 Å². The molecule has 0 bridgehead atoms. The van der Waals surface area contributed by atoms with Crippen LogP contribution in [0.15, 0.2) is 23.3 Å². The van der Waals surface area contributed by atoms with Gasteiger partial charge in [-0.3, -0.25) is 0 Å². The molecule has 100 valence electrons. The quantitative estimate of drug-likeness (QED) is 0.770. The van der Waals surface area contributed by atoms with E-state index in [2.05, 4.69) is 5.10 Å². The molecule has 1 saturated heterocycles. The van der Waals surface area contributed by atoms with E-state index >= 15 is 0 Å². The third-order valence-corrected chi connectivity index (χ3v) is 2.89. The van der Waals surface area contributed by atoms with E-state index in [0.717, 1.165) is 5.56 Å². The zero-order chi connectivity index (χ0) is 13.2. The van der Waals surface area contributed by atoms with Crippen molar-refractivity contribution in [3.63, 3.8) is 0 Å². The molecule has 0 atom stereocenters. The summed E-state index contributed by atoms with van der Waals surface area (Å²) in [5.74, 6) is 1.40. The van der Waals surface area contributed by atoms with Gasteiger partial charge in [0.1, 0.15) is 25.5 Å². The Morgan fingerprint density at radius 1 is 1.16 bits per heavy atom. The number of cyclic esters (lactones) is 1. The minimum absolute atomic E-state index is 0.305. The molecule has 1 fully saturated rings. The van der Waals surface area contributed by atoms with Crippen molar-refractivity contribution in [2.24, 2.45) is 5.10 Å². The first kappa shape index (κ1) is 11.8. The fourth-order valence-corrected chi connectivity index (χ4v) is 1.92. The first-order valence-corrected chi connectivity index (χ1v) is 6.09. The molecule has 0 aliphatic carbocycles. The maximum absolute atomic E-state index is 11.3. The molecule has 2 aliphatic heterocycles. The summed E-state index contributed by atoms with van der Waals surface area (Å²) < 4.78 is 16.1. The van der Waals surface area contributed by atoms with Gasteiger partial charge in [0.15, 0.2) is 11.5 Å². The SMILES string of the molecule is Cc1ccc2c(c1)OCC(=NN1CCOC1=O)CO2. The van der Waals surface area contributed by atoms with Crippen LogP contribution in [0.5, 0.6) is 11.5 Å². The van der Waals surface area contributed by atoms with Gasteiger partial charge in [0.2, 0.25) is 0 Å². The molecule has 2 aliphatic rings. The lowest BCUT2D eigenvalue weighted by molar-refractivity contribution is 0.159. The van der Waals surface area contributed by atoms with Crippen molar-refractivity contribution in [2.75, 3.05) is 26.4 Å². The smallest absolute Gasteiger partial charge is 0.430 e. The van der Waals surface area contributed by atoms with Crippen molar-refractivity contribution in [3.8, 4) is 11.5 Å². The third kappa shape index (κ3) is 2.47. The van der Waals surface area contributed by atoms with E-state index in [-0.39, 0.29) is 0 Å². The van der Waals surface area contributed by atoms with E-state index in [1.54, 1.807) is 0 Å². The second-order valence-corrected chi connectivity index (χ2v) is 4.43. The maximum atomic E-state index is 11.3. The van der Waals surface area contributed by atoms with Gasteiger partial charge >= 0.3 is 6.09 Å². The molecule has 19 heavy (non-hydrogen) atoms. The Morgan fingerprint density at radius 3 is 2.68 bits per heavy atom. The highest BCUT2D eigenvalue weighted by molar-refractivity contribution is 5.89.